The van der Waals surface area contributed by atoms with Crippen LogP contribution in [0.15, 0.2) is 6.20 Å². The lowest BCUT2D eigenvalue weighted by Crippen LogP contribution is -2.30. The molecule has 7 heteroatoms. The van der Waals surface area contributed by atoms with Crippen LogP contribution in [0.5, 0.6) is 0 Å². The number of aromatic nitrogens is 3. The molecule has 0 radical (unpaired) electrons. The van der Waals surface area contributed by atoms with Crippen molar-refractivity contribution in [1.29, 1.82) is 0 Å². The van der Waals surface area contributed by atoms with Gasteiger partial charge in [0.2, 0.25) is 0 Å². The van der Waals surface area contributed by atoms with Gasteiger partial charge in [-0.1, -0.05) is 19.1 Å². The van der Waals surface area contributed by atoms with Gasteiger partial charge in [-0.05, 0) is 13.1 Å². The van der Waals surface area contributed by atoms with Gasteiger partial charge in [-0.15, -0.1) is 5.10 Å². The zero-order valence-corrected chi connectivity index (χ0v) is 9.68. The van der Waals surface area contributed by atoms with Gasteiger partial charge in [0, 0.05) is 6.54 Å². The van der Waals surface area contributed by atoms with Crippen LogP contribution >= 0.6 is 0 Å². The third kappa shape index (κ3) is 3.28. The third-order valence-corrected chi connectivity index (χ3v) is 2.44. The molecule has 0 fully saturated rings. The van der Waals surface area contributed by atoms with E-state index in [0.29, 0.717) is 6.54 Å². The molecular formula is C9H18N6O. The number of hydrogen-bond donors (Lipinski definition) is 2. The van der Waals surface area contributed by atoms with Gasteiger partial charge in [-0.2, -0.15) is 0 Å². The Morgan fingerprint density at radius 2 is 2.25 bits per heavy atom. The molecular weight excluding hydrogens is 208 g/mol. The first kappa shape index (κ1) is 12.6. The molecule has 3 N–H and O–H groups in total. The molecule has 0 spiro atoms. The Balaban J connectivity index is 2.49. The van der Waals surface area contributed by atoms with E-state index in [2.05, 4.69) is 29.1 Å². The molecule has 90 valence electrons. The van der Waals surface area contributed by atoms with E-state index in [1.807, 2.05) is 5.43 Å². The van der Waals surface area contributed by atoms with Crippen molar-refractivity contribution in [3.8, 4) is 0 Å². The quantitative estimate of drug-likeness (QED) is 0.377. The zero-order chi connectivity index (χ0) is 12.0. The van der Waals surface area contributed by atoms with Gasteiger partial charge >= 0.3 is 0 Å². The lowest BCUT2D eigenvalue weighted by Gasteiger charge is -2.17. The summed E-state index contributed by atoms with van der Waals surface area (Å²) in [7, 11) is 0. The first-order valence-corrected chi connectivity index (χ1v) is 5.34. The number of amides is 1. The van der Waals surface area contributed by atoms with E-state index < -0.39 is 5.91 Å². The SMILES string of the molecule is CCN(CC)CCn1cc(C(=O)NN)nn1. The Bertz CT molecular complexity index is 332. The number of nitrogens with one attached hydrogen (secondary N) is 1. The summed E-state index contributed by atoms with van der Waals surface area (Å²) in [5.41, 5.74) is 2.25. The summed E-state index contributed by atoms with van der Waals surface area (Å²) in [5, 5.41) is 7.57. The van der Waals surface area contributed by atoms with Gasteiger partial charge in [0.25, 0.3) is 5.91 Å². The van der Waals surface area contributed by atoms with Gasteiger partial charge in [-0.25, -0.2) is 5.84 Å². The van der Waals surface area contributed by atoms with Crippen molar-refractivity contribution >= 4 is 5.91 Å². The number of likely N-dealkylation sites (N-methyl/N-ethyl adjacent to an activating group) is 1. The van der Waals surface area contributed by atoms with Gasteiger partial charge in [-0.3, -0.25) is 14.9 Å². The van der Waals surface area contributed by atoms with E-state index in [9.17, 15) is 4.79 Å². The highest BCUT2D eigenvalue weighted by Crippen LogP contribution is 1.94. The normalized spacial score (nSPS) is 10.8. The van der Waals surface area contributed by atoms with Crippen LogP contribution in [0.3, 0.4) is 0 Å². The molecule has 16 heavy (non-hydrogen) atoms. The predicted octanol–water partition coefficient (Wildman–Crippen LogP) is -0.777. The van der Waals surface area contributed by atoms with Crippen molar-refractivity contribution in [3.63, 3.8) is 0 Å². The summed E-state index contributed by atoms with van der Waals surface area (Å²) in [6, 6.07) is 0. The monoisotopic (exact) mass is 226 g/mol. The lowest BCUT2D eigenvalue weighted by atomic mass is 10.4. The maximum atomic E-state index is 11.1. The second-order valence-corrected chi connectivity index (χ2v) is 3.37. The topological polar surface area (TPSA) is 89.1 Å². The molecule has 0 bridgehead atoms. The number of hydrazine groups is 1. The fourth-order valence-corrected chi connectivity index (χ4v) is 1.37. The number of nitrogen functional groups attached to an aromatic ring is 1. The van der Waals surface area contributed by atoms with Crippen LogP contribution in [0, 0.1) is 0 Å². The number of carbonyl (C=O) groups is 1. The summed E-state index contributed by atoms with van der Waals surface area (Å²) in [5.74, 6) is 4.57. The van der Waals surface area contributed by atoms with Crippen LogP contribution in [0.4, 0.5) is 0 Å². The second kappa shape index (κ2) is 6.19. The van der Waals surface area contributed by atoms with Gasteiger partial charge < -0.3 is 4.90 Å². The first-order chi connectivity index (χ1) is 7.71. The Morgan fingerprint density at radius 3 is 2.81 bits per heavy atom. The van der Waals surface area contributed by atoms with E-state index in [1.165, 1.54) is 0 Å². The van der Waals surface area contributed by atoms with Crippen molar-refractivity contribution in [1.82, 2.24) is 25.3 Å². The molecule has 7 nitrogen and oxygen atoms in total. The summed E-state index contributed by atoms with van der Waals surface area (Å²) < 4.78 is 1.64. The van der Waals surface area contributed by atoms with Crippen molar-refractivity contribution in [2.24, 2.45) is 5.84 Å². The minimum Gasteiger partial charge on any atom is -0.302 e. The van der Waals surface area contributed by atoms with Crippen molar-refractivity contribution < 1.29 is 4.79 Å². The Kier molecular flexibility index (Phi) is 4.87. The molecule has 1 aromatic rings. The molecule has 0 aliphatic heterocycles. The van der Waals surface area contributed by atoms with E-state index in [0.717, 1.165) is 19.6 Å². The maximum absolute atomic E-state index is 11.1. The van der Waals surface area contributed by atoms with Crippen LogP contribution in [0.1, 0.15) is 24.3 Å². The van der Waals surface area contributed by atoms with E-state index in [4.69, 9.17) is 5.84 Å². The van der Waals surface area contributed by atoms with Crippen molar-refractivity contribution in [2.75, 3.05) is 19.6 Å². The van der Waals surface area contributed by atoms with Crippen LogP contribution in [0.25, 0.3) is 0 Å². The summed E-state index contributed by atoms with van der Waals surface area (Å²) in [4.78, 5) is 13.4. The zero-order valence-electron chi connectivity index (χ0n) is 9.68. The van der Waals surface area contributed by atoms with Gasteiger partial charge in [0.1, 0.15) is 0 Å². The fourth-order valence-electron chi connectivity index (χ4n) is 1.37. The highest BCUT2D eigenvalue weighted by Gasteiger charge is 2.08. The molecule has 0 unspecified atom stereocenters. The van der Waals surface area contributed by atoms with Crippen LogP contribution in [0.2, 0.25) is 0 Å². The predicted molar refractivity (Wildman–Crippen MR) is 59.5 cm³/mol. The highest BCUT2D eigenvalue weighted by molar-refractivity contribution is 5.91. The molecule has 1 heterocycles. The lowest BCUT2D eigenvalue weighted by molar-refractivity contribution is 0.0948. The summed E-state index contributed by atoms with van der Waals surface area (Å²) in [6.45, 7) is 7.82. The summed E-state index contributed by atoms with van der Waals surface area (Å²) >= 11 is 0. The minimum atomic E-state index is -0.422. The first-order valence-electron chi connectivity index (χ1n) is 5.34. The minimum absolute atomic E-state index is 0.238. The maximum Gasteiger partial charge on any atom is 0.287 e. The number of nitrogens with two attached hydrogens (primary N) is 1. The van der Waals surface area contributed by atoms with E-state index >= 15 is 0 Å². The second-order valence-electron chi connectivity index (χ2n) is 3.37. The standard InChI is InChI=1S/C9H18N6O/c1-3-14(4-2)5-6-15-7-8(12-13-15)9(16)11-10/h7H,3-6,10H2,1-2H3,(H,11,16). The van der Waals surface area contributed by atoms with E-state index in [1.54, 1.807) is 10.9 Å². The fraction of sp³-hybridized carbons (Fsp3) is 0.667. The molecule has 1 amide bonds. The molecule has 1 aromatic heterocycles. The average Bonchev–Trinajstić information content (AvgIpc) is 2.78. The molecule has 0 atom stereocenters. The average molecular weight is 226 g/mol. The molecule has 0 aliphatic rings. The Hall–Kier alpha value is -1.47. The van der Waals surface area contributed by atoms with Crippen molar-refractivity contribution in [3.05, 3.63) is 11.9 Å². The van der Waals surface area contributed by atoms with Crippen LogP contribution < -0.4 is 11.3 Å². The van der Waals surface area contributed by atoms with Crippen LogP contribution in [-0.2, 0) is 6.54 Å². The largest absolute Gasteiger partial charge is 0.302 e. The molecule has 0 aromatic carbocycles. The number of hydrogen-bond acceptors (Lipinski definition) is 5. The molecule has 1 rings (SSSR count). The summed E-state index contributed by atoms with van der Waals surface area (Å²) in [6.07, 6.45) is 1.59. The Morgan fingerprint density at radius 1 is 1.56 bits per heavy atom. The molecule has 0 aliphatic carbocycles. The van der Waals surface area contributed by atoms with Crippen molar-refractivity contribution in [2.45, 2.75) is 20.4 Å². The number of nitrogens with zero attached hydrogens (tertiary/aromatic N) is 4. The highest BCUT2D eigenvalue weighted by atomic mass is 16.2. The number of carbonyl (C=O) groups excluding carboxylic acids is 1. The smallest absolute Gasteiger partial charge is 0.287 e. The van der Waals surface area contributed by atoms with Crippen LogP contribution in [-0.4, -0.2) is 45.4 Å². The third-order valence-electron chi connectivity index (χ3n) is 2.44. The van der Waals surface area contributed by atoms with Gasteiger partial charge in [0.05, 0.1) is 12.7 Å². The number of rotatable bonds is 6. The molecule has 0 saturated carbocycles. The van der Waals surface area contributed by atoms with Gasteiger partial charge in [0.15, 0.2) is 5.69 Å². The molecule has 0 saturated heterocycles. The van der Waals surface area contributed by atoms with E-state index in [-0.39, 0.29) is 5.69 Å². The Labute approximate surface area is 94.6 Å².